The number of para-hydroxylation sites is 2. The van der Waals surface area contributed by atoms with E-state index in [-0.39, 0.29) is 78.1 Å². The standard InChI is InChI=1S/C33H43N3.3ClH.Nd/c1-7-14-26-18-11-19-27(15-8-2)32(26)34-24(5)30-22-13-23-31(36-30)25(6)35-33-28(16-9-3)20-12-21-29(33)17-10-4;;;;/h11-13,18-23H,7-10,14-17H2,1-6H3;3*1H;/q;;;;+3/p-3. The van der Waals surface area contributed by atoms with Crippen LogP contribution >= 0.6 is 0 Å². The minimum Gasteiger partial charge on any atom is -1.00 e. The Morgan fingerprint density at radius 2 is 0.800 bits per heavy atom. The summed E-state index contributed by atoms with van der Waals surface area (Å²) in [4.78, 5) is 15.3. The average Bonchev–Trinajstić information content (AvgIpc) is 2.88. The summed E-state index contributed by atoms with van der Waals surface area (Å²) in [5, 5.41) is 0. The summed E-state index contributed by atoms with van der Waals surface area (Å²) in [6.45, 7) is 13.1. The molecule has 0 atom stereocenters. The summed E-state index contributed by atoms with van der Waals surface area (Å²) in [6.07, 6.45) is 8.61. The molecule has 0 saturated carbocycles. The third-order valence-electron chi connectivity index (χ3n) is 6.53. The number of nitrogens with zero attached hydrogens (tertiary/aromatic N) is 3. The monoisotopic (exact) mass is 728 g/mol. The first-order valence-corrected chi connectivity index (χ1v) is 13.8. The molecule has 0 N–H and O–H groups in total. The van der Waals surface area contributed by atoms with Gasteiger partial charge in [0.15, 0.2) is 0 Å². The first-order valence-electron chi connectivity index (χ1n) is 13.8. The van der Waals surface area contributed by atoms with Crippen molar-refractivity contribution in [3.63, 3.8) is 0 Å². The molecule has 0 saturated heterocycles. The molecule has 0 spiro atoms. The quantitative estimate of drug-likeness (QED) is 0.246. The molecule has 0 aliphatic heterocycles. The minimum atomic E-state index is 0. The van der Waals surface area contributed by atoms with Gasteiger partial charge in [0.05, 0.1) is 34.2 Å². The molecule has 215 valence electrons. The zero-order valence-electron chi connectivity index (χ0n) is 24.8. The van der Waals surface area contributed by atoms with Crippen LogP contribution in [0.25, 0.3) is 0 Å². The maximum Gasteiger partial charge on any atom is 3.00 e. The molecule has 0 amide bonds. The van der Waals surface area contributed by atoms with Gasteiger partial charge in [0.2, 0.25) is 0 Å². The Hall–Kier alpha value is -0.849. The van der Waals surface area contributed by atoms with E-state index < -0.39 is 0 Å². The predicted molar refractivity (Wildman–Crippen MR) is 157 cm³/mol. The van der Waals surface area contributed by atoms with E-state index >= 15 is 0 Å². The largest absolute Gasteiger partial charge is 3.00 e. The van der Waals surface area contributed by atoms with E-state index in [0.29, 0.717) is 0 Å². The van der Waals surface area contributed by atoms with Crippen LogP contribution in [0.5, 0.6) is 0 Å². The fourth-order valence-corrected chi connectivity index (χ4v) is 4.75. The van der Waals surface area contributed by atoms with Crippen LogP contribution in [-0.2, 0) is 25.7 Å². The SMILES string of the molecule is CCCc1cccc(CCC)c1N=C(C)c1cccc(C(C)=Nc2c(CCC)cccc2CCC)n1.[Cl-].[Cl-].[Cl-].[Nd+3]. The summed E-state index contributed by atoms with van der Waals surface area (Å²) < 4.78 is 0. The van der Waals surface area contributed by atoms with E-state index in [2.05, 4.69) is 96.1 Å². The third-order valence-corrected chi connectivity index (χ3v) is 6.53. The predicted octanol–water partition coefficient (Wildman–Crippen LogP) is 0.185. The number of rotatable bonds is 12. The van der Waals surface area contributed by atoms with Crippen molar-refractivity contribution in [2.75, 3.05) is 0 Å². The third kappa shape index (κ3) is 11.4. The van der Waals surface area contributed by atoms with Crippen LogP contribution in [0.3, 0.4) is 0 Å². The normalized spacial score (nSPS) is 11.1. The Morgan fingerprint density at radius 3 is 1.07 bits per heavy atom. The first kappa shape index (κ1) is 41.3. The average molecular weight is 732 g/mol. The van der Waals surface area contributed by atoms with Gasteiger partial charge in [-0.15, -0.1) is 0 Å². The fourth-order valence-electron chi connectivity index (χ4n) is 4.75. The van der Waals surface area contributed by atoms with Gasteiger partial charge in [-0.2, -0.15) is 0 Å². The van der Waals surface area contributed by atoms with Crippen molar-refractivity contribution in [2.24, 2.45) is 9.98 Å². The van der Waals surface area contributed by atoms with E-state index in [1.807, 2.05) is 0 Å². The fraction of sp³-hybridized carbons (Fsp3) is 0.424. The molecule has 0 bridgehead atoms. The van der Waals surface area contributed by atoms with E-state index in [0.717, 1.165) is 85.6 Å². The Balaban J connectivity index is 0. The van der Waals surface area contributed by atoms with Crippen LogP contribution in [0, 0.1) is 40.8 Å². The number of hydrogen-bond acceptors (Lipinski definition) is 3. The first-order chi connectivity index (χ1) is 17.5. The summed E-state index contributed by atoms with van der Waals surface area (Å²) in [6, 6.07) is 19.4. The molecule has 0 unspecified atom stereocenters. The topological polar surface area (TPSA) is 37.6 Å². The summed E-state index contributed by atoms with van der Waals surface area (Å²) in [7, 11) is 0. The van der Waals surface area contributed by atoms with Crippen molar-refractivity contribution in [2.45, 2.75) is 92.9 Å². The van der Waals surface area contributed by atoms with Crippen molar-refractivity contribution < 1.29 is 78.1 Å². The van der Waals surface area contributed by atoms with Crippen LogP contribution in [0.4, 0.5) is 11.4 Å². The number of halogens is 3. The molecule has 1 radical (unpaired) electrons. The van der Waals surface area contributed by atoms with Crippen LogP contribution in [0.2, 0.25) is 0 Å². The van der Waals surface area contributed by atoms with Crippen molar-refractivity contribution in [1.29, 1.82) is 0 Å². The molecule has 2 aromatic carbocycles. The van der Waals surface area contributed by atoms with Gasteiger partial charge in [-0.1, -0.05) is 95.8 Å². The Morgan fingerprint density at radius 1 is 0.525 bits per heavy atom. The maximum atomic E-state index is 5.14. The second-order valence-corrected chi connectivity index (χ2v) is 9.65. The van der Waals surface area contributed by atoms with Crippen LogP contribution in [0.1, 0.15) is 101 Å². The molecule has 0 aliphatic rings. The Kier molecular flexibility index (Phi) is 22.5. The van der Waals surface area contributed by atoms with Gasteiger partial charge < -0.3 is 37.2 Å². The van der Waals surface area contributed by atoms with Crippen molar-refractivity contribution in [3.05, 3.63) is 88.2 Å². The van der Waals surface area contributed by atoms with E-state index in [4.69, 9.17) is 15.0 Å². The number of hydrogen-bond donors (Lipinski definition) is 0. The number of aromatic nitrogens is 1. The van der Waals surface area contributed by atoms with Crippen LogP contribution in [0.15, 0.2) is 64.6 Å². The number of aliphatic imine (C=N–C) groups is 2. The van der Waals surface area contributed by atoms with Gasteiger partial charge in [0, 0.05) is 0 Å². The van der Waals surface area contributed by atoms with Crippen molar-refractivity contribution in [1.82, 2.24) is 4.98 Å². The molecule has 3 rings (SSSR count). The molecular formula is C33H43Cl3N3Nd. The summed E-state index contributed by atoms with van der Waals surface area (Å²) in [5.41, 5.74) is 11.3. The Bertz CT molecular complexity index is 1090. The van der Waals surface area contributed by atoms with Gasteiger partial charge in [0.1, 0.15) is 0 Å². The molecule has 0 fully saturated rings. The number of aryl methyl sites for hydroxylation is 4. The van der Waals surface area contributed by atoms with Gasteiger partial charge in [0.25, 0.3) is 0 Å². The van der Waals surface area contributed by atoms with Gasteiger partial charge in [-0.25, -0.2) is 4.98 Å². The Labute approximate surface area is 294 Å². The molecule has 1 heterocycles. The molecule has 0 aliphatic carbocycles. The van der Waals surface area contributed by atoms with E-state index in [1.165, 1.54) is 22.3 Å². The molecule has 3 nitrogen and oxygen atoms in total. The van der Waals surface area contributed by atoms with Crippen molar-refractivity contribution in [3.8, 4) is 0 Å². The zero-order valence-corrected chi connectivity index (χ0v) is 30.3. The molecule has 7 heteroatoms. The second kappa shape index (κ2) is 21.8. The van der Waals surface area contributed by atoms with Gasteiger partial charge in [-0.3, -0.25) is 9.98 Å². The minimum absolute atomic E-state index is 0. The van der Waals surface area contributed by atoms with E-state index in [9.17, 15) is 0 Å². The number of pyridine rings is 1. The summed E-state index contributed by atoms with van der Waals surface area (Å²) >= 11 is 0. The smallest absolute Gasteiger partial charge is 1.00 e. The van der Waals surface area contributed by atoms with Gasteiger partial charge >= 0.3 is 40.8 Å². The zero-order chi connectivity index (χ0) is 25.9. The molecule has 40 heavy (non-hydrogen) atoms. The van der Waals surface area contributed by atoms with Gasteiger partial charge in [-0.05, 0) is 73.9 Å². The second-order valence-electron chi connectivity index (χ2n) is 9.65. The number of benzene rings is 2. The molecule has 1 aromatic heterocycles. The van der Waals surface area contributed by atoms with Crippen molar-refractivity contribution >= 4 is 22.8 Å². The van der Waals surface area contributed by atoms with Crippen LogP contribution < -0.4 is 37.2 Å². The van der Waals surface area contributed by atoms with E-state index in [1.54, 1.807) is 0 Å². The van der Waals surface area contributed by atoms with Crippen LogP contribution in [-0.4, -0.2) is 16.4 Å². The molecule has 3 aromatic rings. The molecular weight excluding hydrogens is 689 g/mol. The maximum absolute atomic E-state index is 5.14. The summed E-state index contributed by atoms with van der Waals surface area (Å²) in [5.74, 6) is 0.